The van der Waals surface area contributed by atoms with Crippen LogP contribution in [0.3, 0.4) is 0 Å². The Balaban J connectivity index is 2.36. The summed E-state index contributed by atoms with van der Waals surface area (Å²) in [5, 5.41) is 0. The fourth-order valence-electron chi connectivity index (χ4n) is 1.83. The summed E-state index contributed by atoms with van der Waals surface area (Å²) in [6.07, 6.45) is 0. The molecular formula is C14H13BrFNO2S. The third kappa shape index (κ3) is 3.19. The van der Waals surface area contributed by atoms with E-state index in [0.29, 0.717) is 5.69 Å². The summed E-state index contributed by atoms with van der Waals surface area (Å²) in [4.78, 5) is 0.0251. The lowest BCUT2D eigenvalue weighted by Gasteiger charge is -2.11. The van der Waals surface area contributed by atoms with Crippen LogP contribution in [0.25, 0.3) is 0 Å². The Bertz CT molecular complexity index is 719. The fourth-order valence-corrected chi connectivity index (χ4v) is 3.10. The van der Waals surface area contributed by atoms with E-state index in [-0.39, 0.29) is 4.90 Å². The van der Waals surface area contributed by atoms with Crippen LogP contribution in [0.4, 0.5) is 10.1 Å². The van der Waals surface area contributed by atoms with Gasteiger partial charge >= 0.3 is 0 Å². The number of sulfonamides is 1. The molecule has 0 aromatic heterocycles. The molecule has 0 saturated heterocycles. The molecule has 0 heterocycles. The molecule has 0 spiro atoms. The van der Waals surface area contributed by atoms with Gasteiger partial charge in [-0.25, -0.2) is 12.8 Å². The Hall–Kier alpha value is -1.40. The molecule has 2 aromatic carbocycles. The molecule has 20 heavy (non-hydrogen) atoms. The highest BCUT2D eigenvalue weighted by molar-refractivity contribution is 9.10. The second-order valence-corrected chi connectivity index (χ2v) is 6.96. The van der Waals surface area contributed by atoms with Crippen molar-refractivity contribution in [2.45, 2.75) is 18.7 Å². The number of rotatable bonds is 3. The van der Waals surface area contributed by atoms with E-state index in [1.165, 1.54) is 12.1 Å². The van der Waals surface area contributed by atoms with Crippen molar-refractivity contribution in [2.75, 3.05) is 4.72 Å². The number of nitrogens with one attached hydrogen (secondary N) is 1. The molecular weight excluding hydrogens is 345 g/mol. The van der Waals surface area contributed by atoms with Crippen LogP contribution in [0.1, 0.15) is 11.1 Å². The summed E-state index contributed by atoms with van der Waals surface area (Å²) in [6, 6.07) is 8.17. The van der Waals surface area contributed by atoms with Crippen LogP contribution >= 0.6 is 15.9 Å². The van der Waals surface area contributed by atoms with Gasteiger partial charge in [0.1, 0.15) is 5.82 Å². The lowest BCUT2D eigenvalue weighted by molar-refractivity contribution is 0.599. The molecule has 3 nitrogen and oxygen atoms in total. The highest BCUT2D eigenvalue weighted by Crippen LogP contribution is 2.26. The number of anilines is 1. The zero-order valence-corrected chi connectivity index (χ0v) is 13.3. The predicted molar refractivity (Wildman–Crippen MR) is 80.8 cm³/mol. The standard InChI is InChI=1S/C14H13BrFNO2S/c1-9-7-12(8-10(2)14(9)15)17-20(18,19)13-5-3-11(16)4-6-13/h3-8,17H,1-2H3. The molecule has 0 bridgehead atoms. The first-order valence-corrected chi connectivity index (χ1v) is 8.12. The highest BCUT2D eigenvalue weighted by atomic mass is 79.9. The van der Waals surface area contributed by atoms with Gasteiger partial charge in [0.2, 0.25) is 0 Å². The molecule has 1 N–H and O–H groups in total. The Labute approximate surface area is 126 Å². The van der Waals surface area contributed by atoms with Crippen molar-refractivity contribution in [3.05, 3.63) is 57.8 Å². The van der Waals surface area contributed by atoms with Gasteiger partial charge in [-0.05, 0) is 61.4 Å². The molecule has 0 radical (unpaired) electrons. The molecule has 0 aliphatic carbocycles. The minimum atomic E-state index is -3.71. The normalized spacial score (nSPS) is 11.4. The average Bonchev–Trinajstić information content (AvgIpc) is 2.36. The zero-order valence-electron chi connectivity index (χ0n) is 10.9. The van der Waals surface area contributed by atoms with Crippen LogP contribution < -0.4 is 4.72 Å². The third-order valence-electron chi connectivity index (χ3n) is 2.81. The molecule has 0 fully saturated rings. The Morgan fingerprint density at radius 3 is 2.05 bits per heavy atom. The van der Waals surface area contributed by atoms with Crippen LogP contribution in [-0.2, 0) is 10.0 Å². The monoisotopic (exact) mass is 357 g/mol. The fraction of sp³-hybridized carbons (Fsp3) is 0.143. The molecule has 0 aliphatic rings. The summed E-state index contributed by atoms with van der Waals surface area (Å²) in [5.41, 5.74) is 2.34. The average molecular weight is 358 g/mol. The molecule has 106 valence electrons. The van der Waals surface area contributed by atoms with Gasteiger partial charge in [0.15, 0.2) is 0 Å². The van der Waals surface area contributed by atoms with E-state index in [9.17, 15) is 12.8 Å². The van der Waals surface area contributed by atoms with Crippen LogP contribution in [0.2, 0.25) is 0 Å². The summed E-state index contributed by atoms with van der Waals surface area (Å²) < 4.78 is 40.6. The van der Waals surface area contributed by atoms with Crippen molar-refractivity contribution in [1.82, 2.24) is 0 Å². The largest absolute Gasteiger partial charge is 0.280 e. The summed E-state index contributed by atoms with van der Waals surface area (Å²) in [7, 11) is -3.71. The first-order valence-electron chi connectivity index (χ1n) is 5.85. The molecule has 0 aliphatic heterocycles. The van der Waals surface area contributed by atoms with Gasteiger partial charge in [-0.15, -0.1) is 0 Å². The maximum absolute atomic E-state index is 12.8. The Morgan fingerprint density at radius 1 is 1.05 bits per heavy atom. The second kappa shape index (κ2) is 5.54. The van der Waals surface area contributed by atoms with Crippen molar-refractivity contribution in [2.24, 2.45) is 0 Å². The second-order valence-electron chi connectivity index (χ2n) is 4.48. The first kappa shape index (κ1) is 15.0. The van der Waals surface area contributed by atoms with Gasteiger partial charge in [-0.3, -0.25) is 4.72 Å². The quantitative estimate of drug-likeness (QED) is 0.901. The van der Waals surface area contributed by atoms with Crippen LogP contribution in [0.15, 0.2) is 45.8 Å². The van der Waals surface area contributed by atoms with E-state index in [1.54, 1.807) is 12.1 Å². The Kier molecular flexibility index (Phi) is 4.15. The van der Waals surface area contributed by atoms with Crippen LogP contribution in [-0.4, -0.2) is 8.42 Å². The number of halogens is 2. The Morgan fingerprint density at radius 2 is 1.55 bits per heavy atom. The van der Waals surface area contributed by atoms with Crippen molar-refractivity contribution >= 4 is 31.6 Å². The topological polar surface area (TPSA) is 46.2 Å². The molecule has 0 amide bonds. The van der Waals surface area contributed by atoms with Crippen LogP contribution in [0.5, 0.6) is 0 Å². The predicted octanol–water partition coefficient (Wildman–Crippen LogP) is 4.01. The van der Waals surface area contributed by atoms with E-state index in [4.69, 9.17) is 0 Å². The van der Waals surface area contributed by atoms with Crippen molar-refractivity contribution in [3.63, 3.8) is 0 Å². The minimum Gasteiger partial charge on any atom is -0.280 e. The van der Waals surface area contributed by atoms with Gasteiger partial charge in [-0.1, -0.05) is 15.9 Å². The van der Waals surface area contributed by atoms with E-state index >= 15 is 0 Å². The van der Waals surface area contributed by atoms with Crippen LogP contribution in [0, 0.1) is 19.7 Å². The van der Waals surface area contributed by atoms with Gasteiger partial charge in [0, 0.05) is 10.2 Å². The van der Waals surface area contributed by atoms with E-state index in [0.717, 1.165) is 27.7 Å². The summed E-state index contributed by atoms with van der Waals surface area (Å²) >= 11 is 3.43. The van der Waals surface area contributed by atoms with Gasteiger partial charge < -0.3 is 0 Å². The number of hydrogen-bond acceptors (Lipinski definition) is 2. The highest BCUT2D eigenvalue weighted by Gasteiger charge is 2.15. The molecule has 2 aromatic rings. The number of hydrogen-bond donors (Lipinski definition) is 1. The lowest BCUT2D eigenvalue weighted by Crippen LogP contribution is -2.13. The minimum absolute atomic E-state index is 0.0251. The molecule has 6 heteroatoms. The SMILES string of the molecule is Cc1cc(NS(=O)(=O)c2ccc(F)cc2)cc(C)c1Br. The lowest BCUT2D eigenvalue weighted by atomic mass is 10.1. The maximum Gasteiger partial charge on any atom is 0.261 e. The van der Waals surface area contributed by atoms with Crippen molar-refractivity contribution in [3.8, 4) is 0 Å². The van der Waals surface area contributed by atoms with Crippen molar-refractivity contribution < 1.29 is 12.8 Å². The molecule has 2 rings (SSSR count). The summed E-state index contributed by atoms with van der Waals surface area (Å²) in [5.74, 6) is -0.473. The maximum atomic E-state index is 12.8. The summed E-state index contributed by atoms with van der Waals surface area (Å²) in [6.45, 7) is 3.76. The molecule has 0 saturated carbocycles. The number of aryl methyl sites for hydroxylation is 2. The molecule has 0 unspecified atom stereocenters. The number of benzene rings is 2. The van der Waals surface area contributed by atoms with Gasteiger partial charge in [0.25, 0.3) is 10.0 Å². The molecule has 0 atom stereocenters. The first-order chi connectivity index (χ1) is 9.29. The van der Waals surface area contributed by atoms with Gasteiger partial charge in [0.05, 0.1) is 4.90 Å². The smallest absolute Gasteiger partial charge is 0.261 e. The van der Waals surface area contributed by atoms with E-state index in [1.807, 2.05) is 13.8 Å². The third-order valence-corrected chi connectivity index (χ3v) is 5.46. The van der Waals surface area contributed by atoms with E-state index < -0.39 is 15.8 Å². The van der Waals surface area contributed by atoms with Crippen molar-refractivity contribution in [1.29, 1.82) is 0 Å². The van der Waals surface area contributed by atoms with E-state index in [2.05, 4.69) is 20.7 Å². The zero-order chi connectivity index (χ0) is 14.9. The van der Waals surface area contributed by atoms with Gasteiger partial charge in [-0.2, -0.15) is 0 Å².